The molecule has 0 aromatic rings. The average molecular weight is 173 g/mol. The van der Waals surface area contributed by atoms with Crippen LogP contribution in [0, 0.1) is 0 Å². The Balaban J connectivity index is 3.96. The van der Waals surface area contributed by atoms with Gasteiger partial charge < -0.3 is 15.5 Å². The van der Waals surface area contributed by atoms with E-state index in [-0.39, 0.29) is 6.61 Å². The molecule has 0 aliphatic heterocycles. The lowest BCUT2D eigenvalue weighted by Gasteiger charge is -2.25. The molecule has 12 heavy (non-hydrogen) atoms. The third-order valence-electron chi connectivity index (χ3n) is 1.79. The highest BCUT2D eigenvalue weighted by Gasteiger charge is 2.17. The van der Waals surface area contributed by atoms with Gasteiger partial charge in [0.15, 0.2) is 0 Å². The lowest BCUT2D eigenvalue weighted by atomic mass is 10.0. The van der Waals surface area contributed by atoms with Gasteiger partial charge in [0.05, 0.1) is 12.1 Å². The highest BCUT2D eigenvalue weighted by atomic mass is 16.4. The Hall–Kier alpha value is -1.03. The first-order valence-electron chi connectivity index (χ1n) is 3.82. The SMILES string of the molecule is CCC(C)(CO)N/C=C/C(=O)O. The molecule has 0 saturated heterocycles. The molecule has 0 fully saturated rings. The van der Waals surface area contributed by atoms with Crippen LogP contribution in [-0.4, -0.2) is 28.3 Å². The molecule has 0 saturated carbocycles. The molecule has 0 radical (unpaired) electrons. The molecule has 0 aromatic carbocycles. The molecule has 0 spiro atoms. The van der Waals surface area contributed by atoms with Crippen molar-refractivity contribution in [2.75, 3.05) is 6.61 Å². The maximum atomic E-state index is 10.1. The number of nitrogens with one attached hydrogen (secondary N) is 1. The van der Waals surface area contributed by atoms with E-state index >= 15 is 0 Å². The number of aliphatic hydroxyl groups is 1. The van der Waals surface area contributed by atoms with Gasteiger partial charge in [-0.25, -0.2) is 4.79 Å². The molecular weight excluding hydrogens is 158 g/mol. The second-order valence-electron chi connectivity index (χ2n) is 2.89. The van der Waals surface area contributed by atoms with Crippen LogP contribution >= 0.6 is 0 Å². The second-order valence-corrected chi connectivity index (χ2v) is 2.89. The van der Waals surface area contributed by atoms with Crippen LogP contribution in [0.3, 0.4) is 0 Å². The molecule has 70 valence electrons. The van der Waals surface area contributed by atoms with Crippen molar-refractivity contribution in [2.45, 2.75) is 25.8 Å². The van der Waals surface area contributed by atoms with E-state index in [0.717, 1.165) is 12.5 Å². The van der Waals surface area contributed by atoms with Gasteiger partial charge in [0.1, 0.15) is 0 Å². The maximum absolute atomic E-state index is 10.1. The molecule has 0 aliphatic carbocycles. The Kier molecular flexibility index (Phi) is 4.36. The Morgan fingerprint density at radius 3 is 2.58 bits per heavy atom. The number of aliphatic hydroxyl groups excluding tert-OH is 1. The van der Waals surface area contributed by atoms with Crippen LogP contribution in [0.5, 0.6) is 0 Å². The van der Waals surface area contributed by atoms with Gasteiger partial charge in [-0.1, -0.05) is 6.92 Å². The standard InChI is InChI=1S/C8H15NO3/c1-3-8(2,6-10)9-5-4-7(11)12/h4-5,9-10H,3,6H2,1-2H3,(H,11,12)/b5-4+. The van der Waals surface area contributed by atoms with Crippen LogP contribution < -0.4 is 5.32 Å². The van der Waals surface area contributed by atoms with E-state index < -0.39 is 11.5 Å². The fourth-order valence-electron chi connectivity index (χ4n) is 0.574. The smallest absolute Gasteiger partial charge is 0.329 e. The van der Waals surface area contributed by atoms with Crippen LogP contribution in [0.25, 0.3) is 0 Å². The van der Waals surface area contributed by atoms with Gasteiger partial charge in [0.25, 0.3) is 0 Å². The molecule has 0 rings (SSSR count). The van der Waals surface area contributed by atoms with E-state index in [9.17, 15) is 4.79 Å². The fraction of sp³-hybridized carbons (Fsp3) is 0.625. The summed E-state index contributed by atoms with van der Waals surface area (Å²) in [5.41, 5.74) is -0.425. The Morgan fingerprint density at radius 1 is 1.67 bits per heavy atom. The molecule has 3 N–H and O–H groups in total. The lowest BCUT2D eigenvalue weighted by molar-refractivity contribution is -0.131. The van der Waals surface area contributed by atoms with E-state index in [1.165, 1.54) is 6.20 Å². The van der Waals surface area contributed by atoms with Gasteiger partial charge in [-0.3, -0.25) is 0 Å². The van der Waals surface area contributed by atoms with Gasteiger partial charge in [-0.2, -0.15) is 0 Å². The van der Waals surface area contributed by atoms with Crippen LogP contribution in [0.4, 0.5) is 0 Å². The van der Waals surface area contributed by atoms with Gasteiger partial charge in [-0.15, -0.1) is 0 Å². The van der Waals surface area contributed by atoms with E-state index in [1.807, 2.05) is 13.8 Å². The third-order valence-corrected chi connectivity index (χ3v) is 1.79. The normalized spacial score (nSPS) is 15.9. The molecule has 0 heterocycles. The summed E-state index contributed by atoms with van der Waals surface area (Å²) in [5.74, 6) is -1.00. The number of carboxylic acids is 1. The zero-order valence-corrected chi connectivity index (χ0v) is 7.37. The molecule has 1 atom stereocenters. The van der Waals surface area contributed by atoms with Crippen molar-refractivity contribution in [3.63, 3.8) is 0 Å². The molecule has 0 aliphatic rings. The van der Waals surface area contributed by atoms with E-state index in [4.69, 9.17) is 10.2 Å². The number of rotatable bonds is 5. The second kappa shape index (κ2) is 4.77. The number of aliphatic carboxylic acids is 1. The molecule has 1 unspecified atom stereocenters. The van der Waals surface area contributed by atoms with Gasteiger partial charge in [0, 0.05) is 12.3 Å². The van der Waals surface area contributed by atoms with Crippen LogP contribution in [-0.2, 0) is 4.79 Å². The minimum Gasteiger partial charge on any atom is -0.478 e. The third kappa shape index (κ3) is 3.98. The first kappa shape index (κ1) is 11.0. The first-order chi connectivity index (χ1) is 5.54. The number of hydrogen-bond acceptors (Lipinski definition) is 3. The summed E-state index contributed by atoms with van der Waals surface area (Å²) in [5, 5.41) is 20.0. The molecule has 0 bridgehead atoms. The largest absolute Gasteiger partial charge is 0.478 e. The van der Waals surface area contributed by atoms with Gasteiger partial charge >= 0.3 is 5.97 Å². The molecule has 0 amide bonds. The predicted molar refractivity (Wildman–Crippen MR) is 45.7 cm³/mol. The highest BCUT2D eigenvalue weighted by Crippen LogP contribution is 2.06. The van der Waals surface area contributed by atoms with Crippen molar-refractivity contribution >= 4 is 5.97 Å². The maximum Gasteiger partial charge on any atom is 0.329 e. The van der Waals surface area contributed by atoms with Crippen molar-refractivity contribution in [1.82, 2.24) is 5.32 Å². The van der Waals surface area contributed by atoms with E-state index in [0.29, 0.717) is 0 Å². The summed E-state index contributed by atoms with van der Waals surface area (Å²) < 4.78 is 0. The quantitative estimate of drug-likeness (QED) is 0.524. The number of carboxylic acid groups (broad SMARTS) is 1. The van der Waals surface area contributed by atoms with Crippen LogP contribution in [0.1, 0.15) is 20.3 Å². The van der Waals surface area contributed by atoms with Gasteiger partial charge in [-0.05, 0) is 13.3 Å². The average Bonchev–Trinajstić information content (AvgIpc) is 2.03. The highest BCUT2D eigenvalue weighted by molar-refractivity contribution is 5.79. The zero-order valence-electron chi connectivity index (χ0n) is 7.37. The summed E-state index contributed by atoms with van der Waals surface area (Å²) in [6, 6.07) is 0. The van der Waals surface area contributed by atoms with Crippen molar-refractivity contribution in [3.05, 3.63) is 12.3 Å². The molecule has 0 aromatic heterocycles. The van der Waals surface area contributed by atoms with E-state index in [2.05, 4.69) is 5.32 Å². The summed E-state index contributed by atoms with van der Waals surface area (Å²) in [4.78, 5) is 10.1. The molecule has 4 heteroatoms. The molecule has 4 nitrogen and oxygen atoms in total. The minimum absolute atomic E-state index is 0.0204. The van der Waals surface area contributed by atoms with Crippen molar-refractivity contribution in [2.24, 2.45) is 0 Å². The minimum atomic E-state index is -1.00. The van der Waals surface area contributed by atoms with Crippen LogP contribution in [0.15, 0.2) is 12.3 Å². The monoisotopic (exact) mass is 173 g/mol. The Morgan fingerprint density at radius 2 is 2.25 bits per heavy atom. The Bertz CT molecular complexity index is 173. The molecular formula is C8H15NO3. The topological polar surface area (TPSA) is 69.6 Å². The lowest BCUT2D eigenvalue weighted by Crippen LogP contribution is -2.41. The van der Waals surface area contributed by atoms with Crippen molar-refractivity contribution in [3.8, 4) is 0 Å². The van der Waals surface area contributed by atoms with Crippen LogP contribution in [0.2, 0.25) is 0 Å². The summed E-state index contributed by atoms with van der Waals surface area (Å²) in [6.07, 6.45) is 3.07. The summed E-state index contributed by atoms with van der Waals surface area (Å²) in [7, 11) is 0. The first-order valence-corrected chi connectivity index (χ1v) is 3.82. The van der Waals surface area contributed by atoms with E-state index in [1.54, 1.807) is 0 Å². The number of carbonyl (C=O) groups is 1. The number of hydrogen-bond donors (Lipinski definition) is 3. The van der Waals surface area contributed by atoms with Crippen molar-refractivity contribution < 1.29 is 15.0 Å². The Labute approximate surface area is 71.9 Å². The summed E-state index contributed by atoms with van der Waals surface area (Å²) in [6.45, 7) is 3.71. The zero-order chi connectivity index (χ0) is 9.61. The van der Waals surface area contributed by atoms with Crippen molar-refractivity contribution in [1.29, 1.82) is 0 Å². The fourth-order valence-corrected chi connectivity index (χ4v) is 0.574. The van der Waals surface area contributed by atoms with Gasteiger partial charge in [0.2, 0.25) is 0 Å². The summed E-state index contributed by atoms with van der Waals surface area (Å²) >= 11 is 0. The predicted octanol–water partition coefficient (Wildman–Crippen LogP) is 0.335.